The summed E-state index contributed by atoms with van der Waals surface area (Å²) in [5, 5.41) is 2.82. The summed E-state index contributed by atoms with van der Waals surface area (Å²) in [5.74, 6) is -0.666. The lowest BCUT2D eigenvalue weighted by Crippen LogP contribution is -2.52. The van der Waals surface area contributed by atoms with Crippen molar-refractivity contribution in [2.24, 2.45) is 0 Å². The molecule has 2 atom stereocenters. The first-order chi connectivity index (χ1) is 19.8. The van der Waals surface area contributed by atoms with Gasteiger partial charge in [0, 0.05) is 12.6 Å². The molecule has 3 aromatic rings. The first-order valence-corrected chi connectivity index (χ1v) is 14.7. The monoisotopic (exact) mass is 605 g/mol. The number of anilines is 1. The topological polar surface area (TPSA) is 96.0 Å². The van der Waals surface area contributed by atoms with Crippen molar-refractivity contribution in [3.8, 4) is 5.75 Å². The Morgan fingerprint density at radius 1 is 0.952 bits per heavy atom. The van der Waals surface area contributed by atoms with Gasteiger partial charge in [0.2, 0.25) is 11.8 Å². The number of nitrogens with zero attached hydrogens (tertiary/aromatic N) is 2. The van der Waals surface area contributed by atoms with Crippen LogP contribution >= 0.6 is 0 Å². The van der Waals surface area contributed by atoms with E-state index in [1.165, 1.54) is 49.3 Å². The lowest BCUT2D eigenvalue weighted by Gasteiger charge is -2.32. The van der Waals surface area contributed by atoms with Gasteiger partial charge in [0.05, 0.1) is 23.3 Å². The number of amides is 2. The van der Waals surface area contributed by atoms with E-state index in [4.69, 9.17) is 4.74 Å². The summed E-state index contributed by atoms with van der Waals surface area (Å²) < 4.78 is 74.0. The number of hydrogen-bond donors (Lipinski definition) is 1. The molecule has 8 nitrogen and oxygen atoms in total. The molecule has 1 N–H and O–H groups in total. The number of halogens is 3. The minimum Gasteiger partial charge on any atom is -0.497 e. The number of sulfonamides is 1. The molecule has 3 rings (SSSR count). The van der Waals surface area contributed by atoms with Crippen LogP contribution in [0.3, 0.4) is 0 Å². The van der Waals surface area contributed by atoms with Gasteiger partial charge in [0.1, 0.15) is 18.3 Å². The van der Waals surface area contributed by atoms with Gasteiger partial charge in [-0.3, -0.25) is 13.9 Å². The number of methoxy groups -OCH3 is 1. The van der Waals surface area contributed by atoms with Gasteiger partial charge >= 0.3 is 6.18 Å². The van der Waals surface area contributed by atoms with Crippen molar-refractivity contribution in [2.75, 3.05) is 18.0 Å². The van der Waals surface area contributed by atoms with Crippen LogP contribution in [0.4, 0.5) is 18.9 Å². The third kappa shape index (κ3) is 8.03. The quantitative estimate of drug-likeness (QED) is 0.305. The lowest BCUT2D eigenvalue weighted by atomic mass is 10.1. The predicted molar refractivity (Wildman–Crippen MR) is 153 cm³/mol. The molecule has 0 radical (unpaired) electrons. The zero-order valence-corrected chi connectivity index (χ0v) is 24.6. The molecule has 0 aromatic heterocycles. The summed E-state index contributed by atoms with van der Waals surface area (Å²) in [7, 11) is -2.99. The van der Waals surface area contributed by atoms with Gasteiger partial charge in [-0.2, -0.15) is 13.2 Å². The van der Waals surface area contributed by atoms with Crippen molar-refractivity contribution in [3.05, 3.63) is 90.0 Å². The summed E-state index contributed by atoms with van der Waals surface area (Å²) in [6.45, 7) is 4.29. The van der Waals surface area contributed by atoms with Gasteiger partial charge in [-0.05, 0) is 68.3 Å². The van der Waals surface area contributed by atoms with Crippen molar-refractivity contribution in [1.29, 1.82) is 0 Å². The van der Waals surface area contributed by atoms with Crippen LogP contribution in [0.25, 0.3) is 0 Å². The molecular weight excluding hydrogens is 571 g/mol. The Labute approximate surface area is 244 Å². The van der Waals surface area contributed by atoms with E-state index in [0.717, 1.165) is 12.1 Å². The highest BCUT2D eigenvalue weighted by molar-refractivity contribution is 7.92. The highest BCUT2D eigenvalue weighted by Gasteiger charge is 2.35. The molecule has 0 heterocycles. The first-order valence-electron chi connectivity index (χ1n) is 13.3. The molecule has 3 aromatic carbocycles. The molecule has 2 amide bonds. The molecule has 226 valence electrons. The van der Waals surface area contributed by atoms with Crippen LogP contribution in [0, 0.1) is 0 Å². The van der Waals surface area contributed by atoms with Crippen LogP contribution in [0.5, 0.6) is 5.75 Å². The second-order valence-electron chi connectivity index (χ2n) is 9.74. The van der Waals surface area contributed by atoms with Gasteiger partial charge < -0.3 is 15.0 Å². The number of alkyl halides is 3. The smallest absolute Gasteiger partial charge is 0.416 e. The molecule has 0 saturated heterocycles. The summed E-state index contributed by atoms with van der Waals surface area (Å²) >= 11 is 0. The number of hydrogen-bond acceptors (Lipinski definition) is 5. The number of ether oxygens (including phenoxy) is 1. The Bertz CT molecular complexity index is 1470. The molecule has 42 heavy (non-hydrogen) atoms. The number of carbonyl (C=O) groups is 2. The first kappa shape index (κ1) is 32.5. The SMILES string of the molecule is CC[C@H](C)NC(=O)[C@H](C)N(Cc1ccc(OC)cc1)C(=O)CN(c1cccc(C(F)(F)F)c1)S(=O)(=O)c1ccccc1. The Balaban J connectivity index is 2.07. The lowest BCUT2D eigenvalue weighted by molar-refractivity contribution is -0.139. The fourth-order valence-electron chi connectivity index (χ4n) is 4.06. The fourth-order valence-corrected chi connectivity index (χ4v) is 5.49. The number of benzene rings is 3. The maximum Gasteiger partial charge on any atom is 0.416 e. The normalized spacial score (nSPS) is 13.1. The molecule has 0 saturated carbocycles. The molecule has 12 heteroatoms. The summed E-state index contributed by atoms with van der Waals surface area (Å²) in [6.07, 6.45) is -4.10. The van der Waals surface area contributed by atoms with E-state index in [-0.39, 0.29) is 23.2 Å². The Kier molecular flexibility index (Phi) is 10.6. The van der Waals surface area contributed by atoms with Crippen LogP contribution in [-0.4, -0.2) is 50.9 Å². The van der Waals surface area contributed by atoms with Crippen molar-refractivity contribution in [2.45, 2.75) is 56.9 Å². The summed E-state index contributed by atoms with van der Waals surface area (Å²) in [5.41, 5.74) is -0.788. The second-order valence-corrected chi connectivity index (χ2v) is 11.6. The van der Waals surface area contributed by atoms with E-state index in [2.05, 4.69) is 5.32 Å². The highest BCUT2D eigenvalue weighted by Crippen LogP contribution is 2.33. The van der Waals surface area contributed by atoms with E-state index in [1.807, 2.05) is 13.8 Å². The summed E-state index contributed by atoms with van der Waals surface area (Å²) in [4.78, 5) is 28.0. The molecule has 0 bridgehead atoms. The molecule has 0 unspecified atom stereocenters. The van der Waals surface area contributed by atoms with Crippen LogP contribution in [0.15, 0.2) is 83.8 Å². The number of nitrogens with one attached hydrogen (secondary N) is 1. The Morgan fingerprint density at radius 2 is 1.60 bits per heavy atom. The predicted octanol–water partition coefficient (Wildman–Crippen LogP) is 5.24. The standard InChI is InChI=1S/C30H34F3N3O5S/c1-5-21(2)34-29(38)22(3)35(19-23-14-16-26(41-4)17-15-23)28(37)20-36(42(39,40)27-12-7-6-8-13-27)25-11-9-10-24(18-25)30(31,32)33/h6-18,21-22H,5,19-20H2,1-4H3,(H,34,38)/t21-,22-/m0/s1. The maximum absolute atomic E-state index is 13.9. The van der Waals surface area contributed by atoms with Crippen LogP contribution in [-0.2, 0) is 32.3 Å². The molecule has 0 aliphatic heterocycles. The van der Waals surface area contributed by atoms with Crippen LogP contribution in [0.2, 0.25) is 0 Å². The Hall–Kier alpha value is -4.06. The molecule has 0 aliphatic carbocycles. The highest BCUT2D eigenvalue weighted by atomic mass is 32.2. The van der Waals surface area contributed by atoms with Crippen molar-refractivity contribution in [1.82, 2.24) is 10.2 Å². The minimum absolute atomic E-state index is 0.0697. The fraction of sp³-hybridized carbons (Fsp3) is 0.333. The second kappa shape index (κ2) is 13.7. The summed E-state index contributed by atoms with van der Waals surface area (Å²) in [6, 6.07) is 16.4. The zero-order chi connectivity index (χ0) is 31.1. The van der Waals surface area contributed by atoms with Gasteiger partial charge in [-0.15, -0.1) is 0 Å². The molecule has 0 spiro atoms. The maximum atomic E-state index is 13.9. The van der Waals surface area contributed by atoms with E-state index in [1.54, 1.807) is 30.3 Å². The largest absolute Gasteiger partial charge is 0.497 e. The minimum atomic E-state index is -4.74. The van der Waals surface area contributed by atoms with Gasteiger partial charge in [-0.25, -0.2) is 8.42 Å². The Morgan fingerprint density at radius 3 is 2.17 bits per heavy atom. The van der Waals surface area contributed by atoms with E-state index in [9.17, 15) is 31.2 Å². The van der Waals surface area contributed by atoms with Gasteiger partial charge in [0.25, 0.3) is 10.0 Å². The number of rotatable bonds is 12. The van der Waals surface area contributed by atoms with E-state index < -0.39 is 46.2 Å². The average Bonchev–Trinajstić information content (AvgIpc) is 2.98. The van der Waals surface area contributed by atoms with Crippen LogP contribution in [0.1, 0.15) is 38.3 Å². The van der Waals surface area contributed by atoms with Crippen molar-refractivity contribution < 1.29 is 35.9 Å². The van der Waals surface area contributed by atoms with Crippen LogP contribution < -0.4 is 14.4 Å². The number of carbonyl (C=O) groups excluding carboxylic acids is 2. The van der Waals surface area contributed by atoms with E-state index in [0.29, 0.717) is 28.1 Å². The molecule has 0 fully saturated rings. The third-order valence-corrected chi connectivity index (χ3v) is 8.54. The van der Waals surface area contributed by atoms with Crippen molar-refractivity contribution in [3.63, 3.8) is 0 Å². The van der Waals surface area contributed by atoms with Crippen molar-refractivity contribution >= 4 is 27.5 Å². The third-order valence-electron chi connectivity index (χ3n) is 6.75. The zero-order valence-electron chi connectivity index (χ0n) is 23.8. The molecular formula is C30H34F3N3O5S. The van der Waals surface area contributed by atoms with Gasteiger partial charge in [0.15, 0.2) is 0 Å². The average molecular weight is 606 g/mol. The van der Waals surface area contributed by atoms with Gasteiger partial charge in [-0.1, -0.05) is 43.3 Å². The van der Waals surface area contributed by atoms with E-state index >= 15 is 0 Å². The molecule has 0 aliphatic rings.